The molecule has 4 nitrogen and oxygen atoms in total. The van der Waals surface area contributed by atoms with Crippen LogP contribution in [-0.2, 0) is 9.47 Å². The van der Waals surface area contributed by atoms with Gasteiger partial charge >= 0.3 is 5.97 Å². The molecule has 0 aromatic heterocycles. The molecule has 0 bridgehead atoms. The number of anilines is 1. The predicted octanol–water partition coefficient (Wildman–Crippen LogP) is 2.09. The number of ether oxygens (including phenoxy) is 2. The molecule has 0 spiro atoms. The highest BCUT2D eigenvalue weighted by Crippen LogP contribution is 2.31. The summed E-state index contributed by atoms with van der Waals surface area (Å²) in [6, 6.07) is 2.70. The lowest BCUT2D eigenvalue weighted by Crippen LogP contribution is -2.16. The fraction of sp³-hybridized carbons (Fsp3) is 0.462. The van der Waals surface area contributed by atoms with E-state index in [1.165, 1.54) is 19.2 Å². The molecule has 1 saturated heterocycles. The van der Waals surface area contributed by atoms with Crippen LogP contribution < -0.4 is 5.73 Å². The standard InChI is InChI=1S/C13H16FNO3/c1-17-13(16)10-6-9(11(14)7-12(10)15)8-2-4-18-5-3-8/h6-8H,2-5,15H2,1H3. The fourth-order valence-corrected chi connectivity index (χ4v) is 2.21. The van der Waals surface area contributed by atoms with Crippen molar-refractivity contribution in [1.29, 1.82) is 0 Å². The Morgan fingerprint density at radius 2 is 2.11 bits per heavy atom. The van der Waals surface area contributed by atoms with Crippen LogP contribution in [0.3, 0.4) is 0 Å². The van der Waals surface area contributed by atoms with Crippen molar-refractivity contribution in [3.63, 3.8) is 0 Å². The van der Waals surface area contributed by atoms with E-state index in [0.717, 1.165) is 12.8 Å². The number of nitrogens with two attached hydrogens (primary N) is 1. The van der Waals surface area contributed by atoms with Crippen molar-refractivity contribution < 1.29 is 18.7 Å². The van der Waals surface area contributed by atoms with Crippen LogP contribution in [0.2, 0.25) is 0 Å². The third-order valence-electron chi connectivity index (χ3n) is 3.24. The Balaban J connectivity index is 2.37. The highest BCUT2D eigenvalue weighted by molar-refractivity contribution is 5.95. The van der Waals surface area contributed by atoms with Crippen LogP contribution in [0.5, 0.6) is 0 Å². The zero-order chi connectivity index (χ0) is 13.1. The first-order valence-electron chi connectivity index (χ1n) is 5.88. The van der Waals surface area contributed by atoms with E-state index in [-0.39, 0.29) is 23.0 Å². The molecule has 1 aromatic rings. The van der Waals surface area contributed by atoms with Gasteiger partial charge in [0.2, 0.25) is 0 Å². The largest absolute Gasteiger partial charge is 0.465 e. The molecule has 98 valence electrons. The van der Waals surface area contributed by atoms with Crippen molar-refractivity contribution in [2.45, 2.75) is 18.8 Å². The minimum atomic E-state index is -0.541. The number of carbonyl (C=O) groups is 1. The molecular weight excluding hydrogens is 237 g/mol. The number of methoxy groups -OCH3 is 1. The van der Waals surface area contributed by atoms with Crippen molar-refractivity contribution in [2.24, 2.45) is 0 Å². The number of hydrogen-bond acceptors (Lipinski definition) is 4. The monoisotopic (exact) mass is 253 g/mol. The van der Waals surface area contributed by atoms with Gasteiger partial charge in [-0.15, -0.1) is 0 Å². The third-order valence-corrected chi connectivity index (χ3v) is 3.24. The lowest BCUT2D eigenvalue weighted by atomic mass is 9.90. The molecule has 18 heavy (non-hydrogen) atoms. The highest BCUT2D eigenvalue weighted by Gasteiger charge is 2.22. The molecule has 1 aromatic carbocycles. The van der Waals surface area contributed by atoms with Gasteiger partial charge in [0.1, 0.15) is 5.82 Å². The van der Waals surface area contributed by atoms with E-state index >= 15 is 0 Å². The van der Waals surface area contributed by atoms with E-state index in [1.54, 1.807) is 0 Å². The Kier molecular flexibility index (Phi) is 3.81. The normalized spacial score (nSPS) is 16.6. The van der Waals surface area contributed by atoms with Gasteiger partial charge in [0.25, 0.3) is 0 Å². The molecule has 0 amide bonds. The summed E-state index contributed by atoms with van der Waals surface area (Å²) in [5.74, 6) is -0.837. The van der Waals surface area contributed by atoms with Gasteiger partial charge in [-0.1, -0.05) is 0 Å². The van der Waals surface area contributed by atoms with E-state index in [1.807, 2.05) is 0 Å². The summed E-state index contributed by atoms with van der Waals surface area (Å²) < 4.78 is 23.8. The van der Waals surface area contributed by atoms with Crippen LogP contribution in [0.4, 0.5) is 10.1 Å². The molecule has 1 fully saturated rings. The molecule has 1 heterocycles. The molecule has 2 N–H and O–H groups in total. The number of hydrogen-bond donors (Lipinski definition) is 1. The van der Waals surface area contributed by atoms with E-state index < -0.39 is 5.97 Å². The number of esters is 1. The molecule has 0 atom stereocenters. The van der Waals surface area contributed by atoms with Crippen molar-refractivity contribution in [2.75, 3.05) is 26.1 Å². The topological polar surface area (TPSA) is 61.5 Å². The summed E-state index contributed by atoms with van der Waals surface area (Å²) in [6.45, 7) is 1.23. The van der Waals surface area contributed by atoms with E-state index in [0.29, 0.717) is 18.8 Å². The van der Waals surface area contributed by atoms with Crippen molar-refractivity contribution in [3.8, 4) is 0 Å². The lowest BCUT2D eigenvalue weighted by molar-refractivity contribution is 0.0601. The fourth-order valence-electron chi connectivity index (χ4n) is 2.21. The Labute approximate surface area is 105 Å². The first kappa shape index (κ1) is 12.8. The van der Waals surface area contributed by atoms with Crippen molar-refractivity contribution in [3.05, 3.63) is 29.1 Å². The zero-order valence-electron chi connectivity index (χ0n) is 10.2. The second-order valence-electron chi connectivity index (χ2n) is 4.34. The molecule has 0 aliphatic carbocycles. The molecule has 2 rings (SSSR count). The Hall–Kier alpha value is -1.62. The van der Waals surface area contributed by atoms with Gasteiger partial charge in [-0.3, -0.25) is 0 Å². The summed E-state index contributed by atoms with van der Waals surface area (Å²) in [7, 11) is 1.28. The highest BCUT2D eigenvalue weighted by atomic mass is 19.1. The van der Waals surface area contributed by atoms with Crippen LogP contribution >= 0.6 is 0 Å². The van der Waals surface area contributed by atoms with Gasteiger partial charge < -0.3 is 15.2 Å². The van der Waals surface area contributed by atoms with Crippen molar-refractivity contribution >= 4 is 11.7 Å². The van der Waals surface area contributed by atoms with Crippen LogP contribution in [0.15, 0.2) is 12.1 Å². The van der Waals surface area contributed by atoms with E-state index in [4.69, 9.17) is 10.5 Å². The Morgan fingerprint density at radius 3 is 2.72 bits per heavy atom. The predicted molar refractivity (Wildman–Crippen MR) is 64.9 cm³/mol. The third kappa shape index (κ3) is 2.46. The number of rotatable bonds is 2. The summed E-state index contributed by atoms with van der Waals surface area (Å²) >= 11 is 0. The average Bonchev–Trinajstić information content (AvgIpc) is 2.39. The van der Waals surface area contributed by atoms with Crippen molar-refractivity contribution in [1.82, 2.24) is 0 Å². The minimum absolute atomic E-state index is 0.0720. The maximum Gasteiger partial charge on any atom is 0.339 e. The molecule has 5 heteroatoms. The molecule has 0 radical (unpaired) electrons. The molecule has 1 aliphatic heterocycles. The number of halogens is 1. The lowest BCUT2D eigenvalue weighted by Gasteiger charge is -2.23. The minimum Gasteiger partial charge on any atom is -0.465 e. The summed E-state index contributed by atoms with van der Waals surface area (Å²) in [6.07, 6.45) is 1.50. The summed E-state index contributed by atoms with van der Waals surface area (Å²) in [5, 5.41) is 0. The van der Waals surface area contributed by atoms with Gasteiger partial charge in [0.05, 0.1) is 12.7 Å². The number of benzene rings is 1. The zero-order valence-corrected chi connectivity index (χ0v) is 10.2. The van der Waals surface area contributed by atoms with Gasteiger partial charge in [-0.2, -0.15) is 0 Å². The van der Waals surface area contributed by atoms with E-state index in [2.05, 4.69) is 4.74 Å². The van der Waals surface area contributed by atoms with Crippen LogP contribution in [0, 0.1) is 5.82 Å². The molecular formula is C13H16FNO3. The summed E-state index contributed by atoms with van der Waals surface area (Å²) in [4.78, 5) is 11.5. The summed E-state index contributed by atoms with van der Waals surface area (Å²) in [5.41, 5.74) is 6.48. The second-order valence-corrected chi connectivity index (χ2v) is 4.34. The molecule has 0 unspecified atom stereocenters. The van der Waals surface area contributed by atoms with Crippen LogP contribution in [0.25, 0.3) is 0 Å². The quantitative estimate of drug-likeness (QED) is 0.647. The van der Waals surface area contributed by atoms with Gasteiger partial charge in [-0.25, -0.2) is 9.18 Å². The molecule has 0 saturated carbocycles. The van der Waals surface area contributed by atoms with Crippen LogP contribution in [-0.4, -0.2) is 26.3 Å². The van der Waals surface area contributed by atoms with Gasteiger partial charge in [0.15, 0.2) is 0 Å². The Morgan fingerprint density at radius 1 is 1.44 bits per heavy atom. The smallest absolute Gasteiger partial charge is 0.339 e. The van der Waals surface area contributed by atoms with Crippen LogP contribution in [0.1, 0.15) is 34.7 Å². The number of carbonyl (C=O) groups excluding carboxylic acids is 1. The first-order valence-corrected chi connectivity index (χ1v) is 5.88. The second kappa shape index (κ2) is 5.35. The average molecular weight is 253 g/mol. The van der Waals surface area contributed by atoms with Gasteiger partial charge in [0, 0.05) is 18.9 Å². The maximum absolute atomic E-state index is 13.9. The Bertz CT molecular complexity index is 456. The number of nitrogen functional groups attached to an aromatic ring is 1. The SMILES string of the molecule is COC(=O)c1cc(C2CCOCC2)c(F)cc1N. The van der Waals surface area contributed by atoms with E-state index in [9.17, 15) is 9.18 Å². The maximum atomic E-state index is 13.9. The van der Waals surface area contributed by atoms with Gasteiger partial charge in [-0.05, 0) is 36.5 Å². The first-order chi connectivity index (χ1) is 8.63. The molecule has 1 aliphatic rings.